The molecule has 0 saturated heterocycles. The maximum absolute atomic E-state index is 12.8. The number of azide groups is 1. The number of nitrogens with two attached hydrogens (primary N) is 1. The number of anilines is 1. The highest BCUT2D eigenvalue weighted by atomic mass is 32.1. The second kappa shape index (κ2) is 12.1. The fourth-order valence-electron chi connectivity index (χ4n) is 4.33. The van der Waals surface area contributed by atoms with Crippen LogP contribution >= 0.6 is 25.3 Å². The number of amides is 1. The molecule has 4 N–H and O–H groups in total. The summed E-state index contributed by atoms with van der Waals surface area (Å²) < 4.78 is 6.13. The summed E-state index contributed by atoms with van der Waals surface area (Å²) in [5, 5.41) is 15.4. The molecule has 9 nitrogen and oxygen atoms in total. The number of carbonyl (C=O) groups excluding carboxylic acids is 2. The molecule has 0 aromatic heterocycles. The van der Waals surface area contributed by atoms with Crippen molar-refractivity contribution in [3.05, 3.63) is 69.4 Å². The van der Waals surface area contributed by atoms with E-state index in [4.69, 9.17) is 21.1 Å². The van der Waals surface area contributed by atoms with E-state index in [1.54, 1.807) is 42.5 Å². The summed E-state index contributed by atoms with van der Waals surface area (Å²) >= 11 is 9.03. The van der Waals surface area contributed by atoms with Crippen LogP contribution in [-0.4, -0.2) is 25.3 Å². The molecule has 38 heavy (non-hydrogen) atoms. The van der Waals surface area contributed by atoms with Gasteiger partial charge in [0.15, 0.2) is 17.6 Å². The molecule has 0 radical (unpaired) electrons. The molecule has 2 aromatic rings. The minimum atomic E-state index is -0.270. The van der Waals surface area contributed by atoms with Crippen LogP contribution in [0.5, 0.6) is 0 Å². The lowest BCUT2D eigenvalue weighted by atomic mass is 9.90. The molecule has 0 atom stereocenters. The smallest absolute Gasteiger partial charge is 0.251 e. The van der Waals surface area contributed by atoms with Crippen LogP contribution in [0.25, 0.3) is 43.9 Å². The number of hydrogen-bond donors (Lipinski definition) is 5. The third-order valence-electron chi connectivity index (χ3n) is 6.28. The quantitative estimate of drug-likeness (QED) is 0.0232. The fraction of sp³-hybridized carbons (Fsp3) is 0.222. The molecule has 4 rings (SSSR count). The van der Waals surface area contributed by atoms with Gasteiger partial charge < -0.3 is 15.5 Å². The van der Waals surface area contributed by atoms with E-state index in [1.165, 1.54) is 0 Å². The zero-order valence-corrected chi connectivity index (χ0v) is 22.2. The fourth-order valence-corrected chi connectivity index (χ4v) is 4.82. The number of benzene rings is 3. The third-order valence-corrected chi connectivity index (χ3v) is 7.19. The summed E-state index contributed by atoms with van der Waals surface area (Å²) in [6.45, 7) is 0.979. The number of thiol groups is 2. The van der Waals surface area contributed by atoms with Gasteiger partial charge in [-0.2, -0.15) is 0 Å². The van der Waals surface area contributed by atoms with E-state index >= 15 is 0 Å². The Morgan fingerprint density at radius 3 is 2.61 bits per heavy atom. The maximum Gasteiger partial charge on any atom is 0.251 e. The molecule has 2 aliphatic rings. The molecule has 1 aliphatic carbocycles. The number of nitrogens with one attached hydrogen (secondary N) is 2. The average Bonchev–Trinajstić information content (AvgIpc) is 2.93. The van der Waals surface area contributed by atoms with Gasteiger partial charge >= 0.3 is 0 Å². The summed E-state index contributed by atoms with van der Waals surface area (Å²) in [6, 6.07) is 11.9. The number of carbonyl (C=O) groups is 2. The summed E-state index contributed by atoms with van der Waals surface area (Å²) in [5.74, 6) is 0.107. The molecule has 194 valence electrons. The van der Waals surface area contributed by atoms with Crippen LogP contribution < -0.4 is 16.4 Å². The van der Waals surface area contributed by atoms with Gasteiger partial charge in [0.1, 0.15) is 0 Å². The van der Waals surface area contributed by atoms with Crippen LogP contribution in [0.3, 0.4) is 0 Å². The highest BCUT2D eigenvalue weighted by Crippen LogP contribution is 2.45. The van der Waals surface area contributed by atoms with Gasteiger partial charge in [0, 0.05) is 51.3 Å². The van der Waals surface area contributed by atoms with Gasteiger partial charge in [0.05, 0.1) is 15.1 Å². The van der Waals surface area contributed by atoms with Gasteiger partial charge in [0.2, 0.25) is 0 Å². The first-order valence-corrected chi connectivity index (χ1v) is 12.9. The molecule has 0 unspecified atom stereocenters. The van der Waals surface area contributed by atoms with Crippen molar-refractivity contribution in [3.8, 4) is 22.5 Å². The standard InChI is InChI=1S/C27H26N6O3S2/c28-20-9-7-18-22(19-8-10-21(29)26(38)24(19)36-23(18)25(20)37)17-6-5-15(13-16(17)14-34)27(35)31-11-3-1-2-4-12-32-33-30/h5-10,13-14,28,37-38H,1-4,11-12,29H2,(H,31,35). The SMILES string of the molecule is [N-]=[N+]=NCCCCCCNC(=O)c1ccc(-c2c3ccc(=N)c(S)c-3oc3c(S)c(N)ccc23)c(C=O)c1. The van der Waals surface area contributed by atoms with Crippen molar-refractivity contribution >= 4 is 54.1 Å². The van der Waals surface area contributed by atoms with Crippen molar-refractivity contribution in [2.45, 2.75) is 35.5 Å². The third kappa shape index (κ3) is 5.50. The van der Waals surface area contributed by atoms with E-state index in [2.05, 4.69) is 40.6 Å². The minimum Gasteiger partial charge on any atom is -0.454 e. The van der Waals surface area contributed by atoms with Gasteiger partial charge in [0.25, 0.3) is 5.91 Å². The van der Waals surface area contributed by atoms with E-state index < -0.39 is 0 Å². The Hall–Kier alpha value is -3.92. The molecule has 11 heteroatoms. The van der Waals surface area contributed by atoms with E-state index in [0.29, 0.717) is 73.1 Å². The van der Waals surface area contributed by atoms with E-state index in [9.17, 15) is 9.59 Å². The summed E-state index contributed by atoms with van der Waals surface area (Å²) in [5.41, 5.74) is 17.9. The first-order chi connectivity index (χ1) is 18.4. The van der Waals surface area contributed by atoms with Crippen LogP contribution in [0.2, 0.25) is 0 Å². The van der Waals surface area contributed by atoms with Crippen LogP contribution in [-0.2, 0) is 0 Å². The van der Waals surface area contributed by atoms with Crippen LogP contribution in [0.1, 0.15) is 46.4 Å². The first-order valence-electron chi connectivity index (χ1n) is 12.0. The molecular formula is C27H26N6O3S2. The number of rotatable bonds is 10. The summed E-state index contributed by atoms with van der Waals surface area (Å²) in [7, 11) is 0. The second-order valence-corrected chi connectivity index (χ2v) is 9.63. The molecule has 0 spiro atoms. The number of aldehydes is 1. The monoisotopic (exact) mass is 546 g/mol. The highest BCUT2D eigenvalue weighted by molar-refractivity contribution is 7.80. The Balaban J connectivity index is 1.68. The Kier molecular flexibility index (Phi) is 8.62. The average molecular weight is 547 g/mol. The van der Waals surface area contributed by atoms with Gasteiger partial charge in [-0.1, -0.05) is 24.0 Å². The Bertz CT molecular complexity index is 1610. The minimum absolute atomic E-state index is 0.192. The lowest BCUT2D eigenvalue weighted by molar-refractivity contribution is 0.0953. The van der Waals surface area contributed by atoms with Crippen molar-refractivity contribution < 1.29 is 14.0 Å². The normalized spacial score (nSPS) is 10.9. The summed E-state index contributed by atoms with van der Waals surface area (Å²) in [6.07, 6.45) is 4.16. The van der Waals surface area contributed by atoms with Gasteiger partial charge in [-0.3, -0.25) is 15.0 Å². The molecule has 0 bridgehead atoms. The Labute approximate surface area is 229 Å². The van der Waals surface area contributed by atoms with Crippen LogP contribution in [0, 0.1) is 5.41 Å². The maximum atomic E-state index is 12.8. The number of nitrogens with zero attached hydrogens (tertiary/aromatic N) is 3. The molecule has 1 amide bonds. The molecular weight excluding hydrogens is 520 g/mol. The summed E-state index contributed by atoms with van der Waals surface area (Å²) in [4.78, 5) is 28.5. The zero-order valence-electron chi connectivity index (χ0n) is 20.4. The van der Waals surface area contributed by atoms with E-state index in [1.807, 2.05) is 0 Å². The largest absolute Gasteiger partial charge is 0.454 e. The van der Waals surface area contributed by atoms with Crippen LogP contribution in [0.15, 0.2) is 61.8 Å². The lowest BCUT2D eigenvalue weighted by Crippen LogP contribution is -2.24. The number of unbranched alkanes of at least 4 members (excludes halogenated alkanes) is 3. The number of hydrogen-bond acceptors (Lipinski definition) is 8. The van der Waals surface area contributed by atoms with Crippen molar-refractivity contribution in [2.24, 2.45) is 5.11 Å². The van der Waals surface area contributed by atoms with Crippen molar-refractivity contribution in [2.75, 3.05) is 18.8 Å². The van der Waals surface area contributed by atoms with Crippen molar-refractivity contribution in [1.82, 2.24) is 5.32 Å². The predicted molar refractivity (Wildman–Crippen MR) is 153 cm³/mol. The lowest BCUT2D eigenvalue weighted by Gasteiger charge is -2.19. The second-order valence-electron chi connectivity index (χ2n) is 8.74. The molecule has 0 fully saturated rings. The van der Waals surface area contributed by atoms with Crippen LogP contribution in [0.4, 0.5) is 5.69 Å². The van der Waals surface area contributed by atoms with Gasteiger partial charge in [-0.05, 0) is 60.3 Å². The van der Waals surface area contributed by atoms with Crippen molar-refractivity contribution in [3.63, 3.8) is 0 Å². The van der Waals surface area contributed by atoms with E-state index in [-0.39, 0.29) is 11.3 Å². The number of fused-ring (bicyclic) bond motifs is 2. The number of nitrogen functional groups attached to an aromatic ring is 1. The molecule has 2 aromatic carbocycles. The van der Waals surface area contributed by atoms with Crippen molar-refractivity contribution in [1.29, 1.82) is 5.41 Å². The zero-order chi connectivity index (χ0) is 27.2. The van der Waals surface area contributed by atoms with Gasteiger partial charge in [-0.25, -0.2) is 0 Å². The van der Waals surface area contributed by atoms with E-state index in [0.717, 1.165) is 32.0 Å². The highest BCUT2D eigenvalue weighted by Gasteiger charge is 2.23. The topological polar surface area (TPSA) is 158 Å². The molecule has 1 heterocycles. The molecule has 0 saturated carbocycles. The Morgan fingerprint density at radius 1 is 1.08 bits per heavy atom. The first kappa shape index (κ1) is 27.1. The predicted octanol–water partition coefficient (Wildman–Crippen LogP) is 6.26. The Morgan fingerprint density at radius 2 is 1.84 bits per heavy atom. The molecule has 1 aliphatic heterocycles. The van der Waals surface area contributed by atoms with Gasteiger partial charge in [-0.15, -0.1) is 25.3 Å².